The first-order valence-corrected chi connectivity index (χ1v) is 2.55. The first-order valence-electron chi connectivity index (χ1n) is 2.55. The van der Waals surface area contributed by atoms with E-state index in [1.54, 1.807) is 0 Å². The molecule has 4 heteroatoms. The maximum atomic E-state index is 10.4. The highest BCUT2D eigenvalue weighted by atomic mass is 35.5. The molecule has 0 spiro atoms. The van der Waals surface area contributed by atoms with Crippen molar-refractivity contribution in [2.75, 3.05) is 7.11 Å². The molecule has 2 N–H and O–H groups in total. The third-order valence-corrected chi connectivity index (χ3v) is 0.944. The summed E-state index contributed by atoms with van der Waals surface area (Å²) in [5.41, 5.74) is 5.25. The number of ether oxygens (including phenoxy) is 1. The van der Waals surface area contributed by atoms with Crippen LogP contribution < -0.4 is 5.73 Å². The van der Waals surface area contributed by atoms with Crippen molar-refractivity contribution >= 4 is 18.4 Å². The molecule has 0 aliphatic carbocycles. The molecule has 0 radical (unpaired) electrons. The van der Waals surface area contributed by atoms with Gasteiger partial charge in [-0.15, -0.1) is 12.4 Å². The highest BCUT2D eigenvalue weighted by molar-refractivity contribution is 5.85. The van der Waals surface area contributed by atoms with E-state index in [4.69, 9.17) is 5.73 Å². The Morgan fingerprint density at radius 2 is 2.22 bits per heavy atom. The van der Waals surface area contributed by atoms with E-state index in [1.807, 2.05) is 6.92 Å². The summed E-state index contributed by atoms with van der Waals surface area (Å²) in [6.07, 6.45) is 0.632. The van der Waals surface area contributed by atoms with Gasteiger partial charge in [0, 0.05) is 0 Å². The fraction of sp³-hybridized carbons (Fsp3) is 0.800. The predicted octanol–water partition coefficient (Wildman–Crippen LogP) is 0.318. The molecular weight excluding hydrogens is 142 g/mol. The minimum Gasteiger partial charge on any atom is -0.468 e. The molecule has 0 heterocycles. The van der Waals surface area contributed by atoms with Crippen LogP contribution in [0, 0.1) is 0 Å². The number of carbonyl (C=O) groups excluding carboxylic acids is 1. The van der Waals surface area contributed by atoms with Gasteiger partial charge in [0.25, 0.3) is 0 Å². The molecule has 1 unspecified atom stereocenters. The molecule has 0 rings (SSSR count). The summed E-state index contributed by atoms with van der Waals surface area (Å²) in [7, 11) is 1.33. The van der Waals surface area contributed by atoms with Gasteiger partial charge in [0.1, 0.15) is 6.04 Å². The largest absolute Gasteiger partial charge is 0.468 e. The predicted molar refractivity (Wildman–Crippen MR) is 37.5 cm³/mol. The summed E-state index contributed by atoms with van der Waals surface area (Å²) in [4.78, 5) is 10.4. The Morgan fingerprint density at radius 3 is 2.33 bits per heavy atom. The van der Waals surface area contributed by atoms with E-state index in [0.717, 1.165) is 0 Å². The second kappa shape index (κ2) is 5.85. The average molecular weight is 154 g/mol. The second-order valence-corrected chi connectivity index (χ2v) is 1.54. The summed E-state index contributed by atoms with van der Waals surface area (Å²) in [5, 5.41) is 0. The minimum atomic E-state index is -0.444. The summed E-state index contributed by atoms with van der Waals surface area (Å²) >= 11 is 0. The van der Waals surface area contributed by atoms with Crippen molar-refractivity contribution in [1.82, 2.24) is 0 Å². The van der Waals surface area contributed by atoms with Crippen LogP contribution in [0.3, 0.4) is 0 Å². The molecule has 0 aliphatic heterocycles. The number of hydrogen-bond donors (Lipinski definition) is 1. The van der Waals surface area contributed by atoms with Gasteiger partial charge in [0.15, 0.2) is 0 Å². The number of nitrogens with two attached hydrogens (primary N) is 1. The Morgan fingerprint density at radius 1 is 1.78 bits per heavy atom. The second-order valence-electron chi connectivity index (χ2n) is 1.54. The van der Waals surface area contributed by atoms with Crippen molar-refractivity contribution in [1.29, 1.82) is 0 Å². The lowest BCUT2D eigenvalue weighted by atomic mass is 10.2. The lowest BCUT2D eigenvalue weighted by Crippen LogP contribution is -2.30. The highest BCUT2D eigenvalue weighted by Gasteiger charge is 2.08. The quantitative estimate of drug-likeness (QED) is 0.582. The molecule has 0 aliphatic rings. The van der Waals surface area contributed by atoms with E-state index >= 15 is 0 Å². The van der Waals surface area contributed by atoms with Crippen LogP contribution in [0.4, 0.5) is 0 Å². The number of halogens is 1. The summed E-state index contributed by atoms with van der Waals surface area (Å²) < 4.78 is 4.34. The lowest BCUT2D eigenvalue weighted by Gasteiger charge is -2.03. The molecule has 56 valence electrons. The van der Waals surface area contributed by atoms with Gasteiger partial charge in [0.05, 0.1) is 7.11 Å². The maximum Gasteiger partial charge on any atom is 0.322 e. The van der Waals surface area contributed by atoms with Crippen molar-refractivity contribution in [2.24, 2.45) is 5.73 Å². The van der Waals surface area contributed by atoms with E-state index < -0.39 is 6.04 Å². The molecule has 1 atom stereocenters. The molecule has 3 nitrogen and oxygen atoms in total. The standard InChI is InChI=1S/C5H11NO2.ClH/c1-3-4(6)5(7)8-2;/h4H,3,6H2,1-2H3;1H. The minimum absolute atomic E-state index is 0. The van der Waals surface area contributed by atoms with E-state index in [-0.39, 0.29) is 18.4 Å². The Kier molecular flexibility index (Phi) is 7.48. The maximum absolute atomic E-state index is 10.4. The lowest BCUT2D eigenvalue weighted by molar-refractivity contribution is -0.142. The van der Waals surface area contributed by atoms with Gasteiger partial charge in [-0.25, -0.2) is 0 Å². The zero-order valence-corrected chi connectivity index (χ0v) is 6.40. The van der Waals surface area contributed by atoms with Crippen LogP contribution in [0.25, 0.3) is 0 Å². The smallest absolute Gasteiger partial charge is 0.322 e. The van der Waals surface area contributed by atoms with Gasteiger partial charge < -0.3 is 10.5 Å². The van der Waals surface area contributed by atoms with Crippen molar-refractivity contribution in [3.05, 3.63) is 0 Å². The average Bonchev–Trinajstić information content (AvgIpc) is 1.84. The van der Waals surface area contributed by atoms with E-state index in [1.165, 1.54) is 7.11 Å². The van der Waals surface area contributed by atoms with Crippen LogP contribution in [0.2, 0.25) is 0 Å². The van der Waals surface area contributed by atoms with Gasteiger partial charge in [-0.2, -0.15) is 0 Å². The van der Waals surface area contributed by atoms with Gasteiger partial charge in [-0.3, -0.25) is 4.79 Å². The van der Waals surface area contributed by atoms with Crippen molar-refractivity contribution < 1.29 is 9.53 Å². The normalized spacial score (nSPS) is 11.4. The molecule has 9 heavy (non-hydrogen) atoms. The molecule has 0 bridgehead atoms. The first-order chi connectivity index (χ1) is 3.72. The van der Waals surface area contributed by atoms with E-state index in [2.05, 4.69) is 4.74 Å². The third kappa shape index (κ3) is 4.24. The zero-order valence-electron chi connectivity index (χ0n) is 5.59. The van der Waals surface area contributed by atoms with E-state index in [0.29, 0.717) is 6.42 Å². The van der Waals surface area contributed by atoms with Crippen LogP contribution in [0.1, 0.15) is 13.3 Å². The molecule has 0 saturated carbocycles. The van der Waals surface area contributed by atoms with Gasteiger partial charge in [-0.05, 0) is 6.42 Å². The summed E-state index contributed by atoms with van der Waals surface area (Å²) in [6, 6.07) is -0.444. The number of methoxy groups -OCH3 is 1. The van der Waals surface area contributed by atoms with Gasteiger partial charge in [0.2, 0.25) is 0 Å². The number of carbonyl (C=O) groups is 1. The Hall–Kier alpha value is -0.280. The molecule has 0 fully saturated rings. The highest BCUT2D eigenvalue weighted by Crippen LogP contribution is 1.86. The monoisotopic (exact) mass is 153 g/mol. The van der Waals surface area contributed by atoms with Crippen LogP contribution in [-0.2, 0) is 9.53 Å². The van der Waals surface area contributed by atoms with Crippen molar-refractivity contribution in [3.8, 4) is 0 Å². The number of hydrogen-bond acceptors (Lipinski definition) is 3. The summed E-state index contributed by atoms with van der Waals surface area (Å²) in [5.74, 6) is -0.340. The Bertz CT molecular complexity index is 87.0. The van der Waals surface area contributed by atoms with Gasteiger partial charge >= 0.3 is 5.97 Å². The first kappa shape index (κ1) is 11.5. The SMILES string of the molecule is CCC(N)C(=O)OC.Cl. The number of esters is 1. The fourth-order valence-electron chi connectivity index (χ4n) is 0.318. The van der Waals surface area contributed by atoms with Gasteiger partial charge in [-0.1, -0.05) is 6.92 Å². The van der Waals surface area contributed by atoms with Crippen LogP contribution in [-0.4, -0.2) is 19.1 Å². The van der Waals surface area contributed by atoms with Crippen LogP contribution in [0.5, 0.6) is 0 Å². The molecule has 0 amide bonds. The van der Waals surface area contributed by atoms with Crippen LogP contribution >= 0.6 is 12.4 Å². The molecule has 0 aromatic rings. The van der Waals surface area contributed by atoms with Crippen molar-refractivity contribution in [3.63, 3.8) is 0 Å². The molecular formula is C5H12ClNO2. The Balaban J connectivity index is 0. The third-order valence-electron chi connectivity index (χ3n) is 0.944. The Labute approximate surface area is 61.0 Å². The fourth-order valence-corrected chi connectivity index (χ4v) is 0.318. The van der Waals surface area contributed by atoms with E-state index in [9.17, 15) is 4.79 Å². The van der Waals surface area contributed by atoms with Crippen molar-refractivity contribution in [2.45, 2.75) is 19.4 Å². The zero-order chi connectivity index (χ0) is 6.57. The molecule has 0 aromatic heterocycles. The summed E-state index contributed by atoms with van der Waals surface area (Å²) in [6.45, 7) is 1.83. The topological polar surface area (TPSA) is 52.3 Å². The van der Waals surface area contributed by atoms with Crippen LogP contribution in [0.15, 0.2) is 0 Å². The molecule has 0 aromatic carbocycles. The molecule has 0 saturated heterocycles. The number of rotatable bonds is 2.